The van der Waals surface area contributed by atoms with E-state index in [-0.39, 0.29) is 12.1 Å². The molecule has 0 radical (unpaired) electrons. The van der Waals surface area contributed by atoms with Crippen LogP contribution in [0.25, 0.3) is 0 Å². The van der Waals surface area contributed by atoms with Gasteiger partial charge in [-0.05, 0) is 24.1 Å². The van der Waals surface area contributed by atoms with Crippen LogP contribution in [-0.4, -0.2) is 46.6 Å². The molecule has 2 N–H and O–H groups in total. The van der Waals surface area contributed by atoms with E-state index in [1.165, 1.54) is 5.56 Å². The highest BCUT2D eigenvalue weighted by Gasteiger charge is 2.29. The molecule has 1 saturated heterocycles. The summed E-state index contributed by atoms with van der Waals surface area (Å²) < 4.78 is 0. The Balaban J connectivity index is 2.06. The number of carboxylic acid groups (broad SMARTS) is 1. The van der Waals surface area contributed by atoms with Crippen LogP contribution in [0.3, 0.4) is 0 Å². The van der Waals surface area contributed by atoms with Crippen molar-refractivity contribution in [2.24, 2.45) is 0 Å². The van der Waals surface area contributed by atoms with Crippen LogP contribution in [0.4, 0.5) is 0 Å². The quantitative estimate of drug-likeness (QED) is 0.838. The van der Waals surface area contributed by atoms with Crippen molar-refractivity contribution in [2.75, 3.05) is 19.6 Å². The minimum absolute atomic E-state index is 0.190. The number of hydrogen-bond acceptors (Lipinski definition) is 4. The standard InChI is InChI=1S/C14H21N3O2/c1-2-3-13(14(18)19)17-9-8-16-12(10-17)11-4-6-15-7-5-11/h4-7,12-13,16H,2-3,8-10H2,1H3,(H,18,19). The summed E-state index contributed by atoms with van der Waals surface area (Å²) in [5.41, 5.74) is 1.17. The van der Waals surface area contributed by atoms with E-state index in [4.69, 9.17) is 0 Å². The third kappa shape index (κ3) is 3.52. The Morgan fingerprint density at radius 2 is 2.32 bits per heavy atom. The maximum absolute atomic E-state index is 11.4. The van der Waals surface area contributed by atoms with Crippen LogP contribution in [0.1, 0.15) is 31.4 Å². The molecule has 5 nitrogen and oxygen atoms in total. The van der Waals surface area contributed by atoms with Crippen molar-refractivity contribution in [1.29, 1.82) is 0 Å². The molecule has 1 aliphatic rings. The lowest BCUT2D eigenvalue weighted by Crippen LogP contribution is -2.52. The second kappa shape index (κ2) is 6.63. The van der Waals surface area contributed by atoms with Gasteiger partial charge in [-0.1, -0.05) is 13.3 Å². The van der Waals surface area contributed by atoms with Gasteiger partial charge in [-0.15, -0.1) is 0 Å². The van der Waals surface area contributed by atoms with E-state index in [1.54, 1.807) is 12.4 Å². The molecule has 2 atom stereocenters. The minimum atomic E-state index is -0.711. The zero-order valence-corrected chi connectivity index (χ0v) is 11.2. The first-order valence-electron chi connectivity index (χ1n) is 6.82. The molecule has 19 heavy (non-hydrogen) atoms. The van der Waals surface area contributed by atoms with Crippen molar-refractivity contribution < 1.29 is 9.90 Å². The maximum atomic E-state index is 11.4. The first-order valence-corrected chi connectivity index (χ1v) is 6.82. The molecular weight excluding hydrogens is 242 g/mol. The Bertz CT molecular complexity index is 410. The van der Waals surface area contributed by atoms with Crippen molar-refractivity contribution in [3.05, 3.63) is 30.1 Å². The number of nitrogens with one attached hydrogen (secondary N) is 1. The Morgan fingerprint density at radius 1 is 1.58 bits per heavy atom. The molecule has 5 heteroatoms. The van der Waals surface area contributed by atoms with Crippen LogP contribution in [-0.2, 0) is 4.79 Å². The molecule has 0 aliphatic carbocycles. The highest BCUT2D eigenvalue weighted by atomic mass is 16.4. The number of rotatable bonds is 5. The Labute approximate surface area is 113 Å². The van der Waals surface area contributed by atoms with Crippen LogP contribution < -0.4 is 5.32 Å². The number of aromatic nitrogens is 1. The van der Waals surface area contributed by atoms with Crippen LogP contribution in [0.5, 0.6) is 0 Å². The van der Waals surface area contributed by atoms with Crippen LogP contribution in [0.2, 0.25) is 0 Å². The van der Waals surface area contributed by atoms with Gasteiger partial charge >= 0.3 is 5.97 Å². The topological polar surface area (TPSA) is 65.5 Å². The van der Waals surface area contributed by atoms with Gasteiger partial charge in [-0.3, -0.25) is 14.7 Å². The van der Waals surface area contributed by atoms with Crippen molar-refractivity contribution in [2.45, 2.75) is 31.8 Å². The van der Waals surface area contributed by atoms with Gasteiger partial charge in [0.2, 0.25) is 0 Å². The molecule has 0 saturated carbocycles. The number of nitrogens with zero attached hydrogens (tertiary/aromatic N) is 2. The highest BCUT2D eigenvalue weighted by Crippen LogP contribution is 2.19. The van der Waals surface area contributed by atoms with Crippen LogP contribution in [0, 0.1) is 0 Å². The summed E-state index contributed by atoms with van der Waals surface area (Å²) in [4.78, 5) is 17.5. The van der Waals surface area contributed by atoms with E-state index in [0.717, 1.165) is 26.1 Å². The van der Waals surface area contributed by atoms with E-state index in [0.29, 0.717) is 6.42 Å². The molecule has 0 amide bonds. The Morgan fingerprint density at radius 3 is 2.95 bits per heavy atom. The zero-order valence-electron chi connectivity index (χ0n) is 11.2. The summed E-state index contributed by atoms with van der Waals surface area (Å²) in [6, 6.07) is 3.79. The van der Waals surface area contributed by atoms with E-state index in [9.17, 15) is 9.90 Å². The SMILES string of the molecule is CCCC(C(=O)O)N1CCNC(c2ccncc2)C1. The highest BCUT2D eigenvalue weighted by molar-refractivity contribution is 5.73. The number of carbonyl (C=O) groups is 1. The fourth-order valence-electron chi connectivity index (χ4n) is 2.61. The number of aliphatic carboxylic acids is 1. The average molecular weight is 263 g/mol. The van der Waals surface area contributed by atoms with Gasteiger partial charge in [-0.2, -0.15) is 0 Å². The summed E-state index contributed by atoms with van der Waals surface area (Å²) in [6.45, 7) is 4.37. The van der Waals surface area contributed by atoms with E-state index < -0.39 is 5.97 Å². The zero-order chi connectivity index (χ0) is 13.7. The molecule has 0 spiro atoms. The molecule has 2 unspecified atom stereocenters. The molecule has 1 fully saturated rings. The van der Waals surface area contributed by atoms with Crippen LogP contribution >= 0.6 is 0 Å². The van der Waals surface area contributed by atoms with Gasteiger partial charge in [0.05, 0.1) is 0 Å². The molecular formula is C14H21N3O2. The van der Waals surface area contributed by atoms with Gasteiger partial charge in [0.15, 0.2) is 0 Å². The summed E-state index contributed by atoms with van der Waals surface area (Å²) in [7, 11) is 0. The van der Waals surface area contributed by atoms with Gasteiger partial charge in [0, 0.05) is 38.1 Å². The average Bonchev–Trinajstić information content (AvgIpc) is 2.45. The van der Waals surface area contributed by atoms with Gasteiger partial charge in [0.1, 0.15) is 6.04 Å². The molecule has 0 aromatic carbocycles. The molecule has 0 bridgehead atoms. The fraction of sp³-hybridized carbons (Fsp3) is 0.571. The monoisotopic (exact) mass is 263 g/mol. The summed E-state index contributed by atoms with van der Waals surface area (Å²) in [5, 5.41) is 12.8. The maximum Gasteiger partial charge on any atom is 0.320 e. The second-order valence-corrected chi connectivity index (χ2v) is 4.92. The molecule has 1 aromatic heterocycles. The summed E-state index contributed by atoms with van der Waals surface area (Å²) >= 11 is 0. The van der Waals surface area contributed by atoms with Crippen molar-refractivity contribution >= 4 is 5.97 Å². The van der Waals surface area contributed by atoms with Crippen molar-refractivity contribution in [3.63, 3.8) is 0 Å². The molecule has 1 aliphatic heterocycles. The molecule has 1 aromatic rings. The Kier molecular flexibility index (Phi) is 4.87. The van der Waals surface area contributed by atoms with E-state index in [1.807, 2.05) is 19.1 Å². The summed E-state index contributed by atoms with van der Waals surface area (Å²) in [5.74, 6) is -0.711. The van der Waals surface area contributed by atoms with Gasteiger partial charge in [-0.25, -0.2) is 0 Å². The number of carboxylic acids is 1. The lowest BCUT2D eigenvalue weighted by Gasteiger charge is -2.37. The van der Waals surface area contributed by atoms with Crippen molar-refractivity contribution in [3.8, 4) is 0 Å². The molecule has 2 rings (SSSR count). The minimum Gasteiger partial charge on any atom is -0.480 e. The van der Waals surface area contributed by atoms with Crippen molar-refractivity contribution in [1.82, 2.24) is 15.2 Å². The second-order valence-electron chi connectivity index (χ2n) is 4.92. The summed E-state index contributed by atoms with van der Waals surface area (Å²) in [6.07, 6.45) is 5.15. The smallest absolute Gasteiger partial charge is 0.320 e. The first kappa shape index (κ1) is 14.0. The lowest BCUT2D eigenvalue weighted by atomic mass is 10.0. The number of hydrogen-bond donors (Lipinski definition) is 2. The lowest BCUT2D eigenvalue weighted by molar-refractivity contribution is -0.144. The number of piperazine rings is 1. The van der Waals surface area contributed by atoms with Gasteiger partial charge in [0.25, 0.3) is 0 Å². The van der Waals surface area contributed by atoms with E-state index in [2.05, 4.69) is 15.2 Å². The van der Waals surface area contributed by atoms with Gasteiger partial charge < -0.3 is 10.4 Å². The first-order chi connectivity index (χ1) is 9.22. The predicted octanol–water partition coefficient (Wildman–Crippen LogP) is 1.28. The number of pyridine rings is 1. The third-order valence-corrected chi connectivity index (χ3v) is 3.60. The Hall–Kier alpha value is -1.46. The third-order valence-electron chi connectivity index (χ3n) is 3.60. The fourth-order valence-corrected chi connectivity index (χ4v) is 2.61. The predicted molar refractivity (Wildman–Crippen MR) is 72.9 cm³/mol. The van der Waals surface area contributed by atoms with Crippen LogP contribution in [0.15, 0.2) is 24.5 Å². The molecule has 104 valence electrons. The normalized spacial score (nSPS) is 22.1. The molecule has 2 heterocycles. The largest absolute Gasteiger partial charge is 0.480 e. The van der Waals surface area contributed by atoms with E-state index >= 15 is 0 Å².